The lowest BCUT2D eigenvalue weighted by molar-refractivity contribution is 0.0936. The van der Waals surface area contributed by atoms with Gasteiger partial charge >= 0.3 is 0 Å². The van der Waals surface area contributed by atoms with Gasteiger partial charge in [0.2, 0.25) is 0 Å². The SMILES string of the molecule is Cc1cc2ncc(C(=O)NC3CCCC3)c(C)n2n1. The molecule has 2 heterocycles. The summed E-state index contributed by atoms with van der Waals surface area (Å²) in [6.07, 6.45) is 6.23. The number of aromatic nitrogens is 3. The molecule has 0 spiro atoms. The highest BCUT2D eigenvalue weighted by molar-refractivity contribution is 5.95. The summed E-state index contributed by atoms with van der Waals surface area (Å²) in [4.78, 5) is 16.6. The molecular formula is C14H18N4O. The lowest BCUT2D eigenvalue weighted by Crippen LogP contribution is -2.33. The van der Waals surface area contributed by atoms with E-state index in [1.807, 2.05) is 19.9 Å². The number of nitrogens with zero attached hydrogens (tertiary/aromatic N) is 3. The minimum absolute atomic E-state index is 0.0352. The highest BCUT2D eigenvalue weighted by Crippen LogP contribution is 2.18. The monoisotopic (exact) mass is 258 g/mol. The minimum atomic E-state index is -0.0352. The van der Waals surface area contributed by atoms with Crippen LogP contribution >= 0.6 is 0 Å². The van der Waals surface area contributed by atoms with E-state index in [1.165, 1.54) is 12.8 Å². The molecule has 19 heavy (non-hydrogen) atoms. The Hall–Kier alpha value is -1.91. The lowest BCUT2D eigenvalue weighted by Gasteiger charge is -2.13. The average molecular weight is 258 g/mol. The number of hydrogen-bond acceptors (Lipinski definition) is 3. The zero-order valence-electron chi connectivity index (χ0n) is 11.3. The molecule has 5 nitrogen and oxygen atoms in total. The Bertz CT molecular complexity index is 626. The fourth-order valence-electron chi connectivity index (χ4n) is 2.72. The molecular weight excluding hydrogens is 240 g/mol. The van der Waals surface area contributed by atoms with Gasteiger partial charge in [-0.2, -0.15) is 5.10 Å². The molecule has 2 aromatic heterocycles. The van der Waals surface area contributed by atoms with E-state index < -0.39 is 0 Å². The second-order valence-corrected chi connectivity index (χ2v) is 5.27. The maximum Gasteiger partial charge on any atom is 0.254 e. The Labute approximate surface area is 112 Å². The first-order valence-electron chi connectivity index (χ1n) is 6.78. The first-order chi connectivity index (χ1) is 9.15. The predicted octanol–water partition coefficient (Wildman–Crippen LogP) is 2.02. The summed E-state index contributed by atoms with van der Waals surface area (Å²) in [5, 5.41) is 7.45. The Morgan fingerprint density at radius 2 is 2.11 bits per heavy atom. The summed E-state index contributed by atoms with van der Waals surface area (Å²) >= 11 is 0. The molecule has 0 atom stereocenters. The van der Waals surface area contributed by atoms with Crippen molar-refractivity contribution >= 4 is 11.6 Å². The van der Waals surface area contributed by atoms with Crippen molar-refractivity contribution in [2.75, 3.05) is 0 Å². The van der Waals surface area contributed by atoms with Crippen molar-refractivity contribution in [3.05, 3.63) is 29.2 Å². The fraction of sp³-hybridized carbons (Fsp3) is 0.500. The molecule has 1 amide bonds. The largest absolute Gasteiger partial charge is 0.349 e. The molecule has 0 radical (unpaired) electrons. The van der Waals surface area contributed by atoms with Gasteiger partial charge in [0, 0.05) is 18.3 Å². The third-order valence-electron chi connectivity index (χ3n) is 3.78. The van der Waals surface area contributed by atoms with Gasteiger partial charge in [0.05, 0.1) is 17.0 Å². The Balaban J connectivity index is 1.91. The molecule has 100 valence electrons. The van der Waals surface area contributed by atoms with Gasteiger partial charge in [0.25, 0.3) is 5.91 Å². The van der Waals surface area contributed by atoms with Gasteiger partial charge in [0.1, 0.15) is 0 Å². The van der Waals surface area contributed by atoms with E-state index in [9.17, 15) is 4.79 Å². The van der Waals surface area contributed by atoms with Gasteiger partial charge in [-0.25, -0.2) is 9.50 Å². The van der Waals surface area contributed by atoms with Crippen LogP contribution in [0.15, 0.2) is 12.3 Å². The van der Waals surface area contributed by atoms with Gasteiger partial charge < -0.3 is 5.32 Å². The van der Waals surface area contributed by atoms with Crippen molar-refractivity contribution in [1.82, 2.24) is 19.9 Å². The highest BCUT2D eigenvalue weighted by atomic mass is 16.1. The Kier molecular flexibility index (Phi) is 2.97. The van der Waals surface area contributed by atoms with Gasteiger partial charge in [-0.15, -0.1) is 0 Å². The van der Waals surface area contributed by atoms with Crippen LogP contribution in [0.5, 0.6) is 0 Å². The standard InChI is InChI=1S/C14H18N4O/c1-9-7-13-15-8-12(10(2)18(13)17-9)14(19)16-11-5-3-4-6-11/h7-8,11H,3-6H2,1-2H3,(H,16,19). The summed E-state index contributed by atoms with van der Waals surface area (Å²) in [7, 11) is 0. The second kappa shape index (κ2) is 4.64. The molecule has 1 N–H and O–H groups in total. The number of nitrogens with one attached hydrogen (secondary N) is 1. The minimum Gasteiger partial charge on any atom is -0.349 e. The molecule has 1 aliphatic carbocycles. The highest BCUT2D eigenvalue weighted by Gasteiger charge is 2.20. The maximum absolute atomic E-state index is 12.3. The van der Waals surface area contributed by atoms with Crippen LogP contribution in [-0.4, -0.2) is 26.5 Å². The predicted molar refractivity (Wildman–Crippen MR) is 72.2 cm³/mol. The molecule has 0 bridgehead atoms. The van der Waals surface area contributed by atoms with Gasteiger partial charge in [-0.3, -0.25) is 4.79 Å². The number of carbonyl (C=O) groups excluding carboxylic acids is 1. The number of carbonyl (C=O) groups is 1. The molecule has 1 saturated carbocycles. The first kappa shape index (κ1) is 12.1. The van der Waals surface area contributed by atoms with Crippen LogP contribution < -0.4 is 5.32 Å². The molecule has 2 aromatic rings. The third kappa shape index (κ3) is 2.20. The zero-order valence-corrected chi connectivity index (χ0v) is 11.3. The molecule has 1 aliphatic rings. The van der Waals surface area contributed by atoms with Gasteiger partial charge in [-0.05, 0) is 26.7 Å². The molecule has 1 fully saturated rings. The summed E-state index contributed by atoms with van der Waals surface area (Å²) < 4.78 is 1.74. The quantitative estimate of drug-likeness (QED) is 0.896. The number of rotatable bonds is 2. The average Bonchev–Trinajstić information content (AvgIpc) is 2.98. The molecule has 5 heteroatoms. The fourth-order valence-corrected chi connectivity index (χ4v) is 2.72. The van der Waals surface area contributed by atoms with Crippen LogP contribution in [-0.2, 0) is 0 Å². The van der Waals surface area contributed by atoms with E-state index in [1.54, 1.807) is 10.7 Å². The molecule has 0 saturated heterocycles. The van der Waals surface area contributed by atoms with Crippen LogP contribution in [0.1, 0.15) is 47.4 Å². The smallest absolute Gasteiger partial charge is 0.254 e. The van der Waals surface area contributed by atoms with E-state index in [4.69, 9.17) is 0 Å². The van der Waals surface area contributed by atoms with Crippen LogP contribution in [0.2, 0.25) is 0 Å². The van der Waals surface area contributed by atoms with Crippen molar-refractivity contribution in [1.29, 1.82) is 0 Å². The lowest BCUT2D eigenvalue weighted by atomic mass is 10.2. The van der Waals surface area contributed by atoms with Gasteiger partial charge in [0.15, 0.2) is 5.65 Å². The van der Waals surface area contributed by atoms with E-state index in [2.05, 4.69) is 15.4 Å². The summed E-state index contributed by atoms with van der Waals surface area (Å²) in [6.45, 7) is 3.83. The van der Waals surface area contributed by atoms with E-state index >= 15 is 0 Å². The second-order valence-electron chi connectivity index (χ2n) is 5.27. The van der Waals surface area contributed by atoms with E-state index in [0.29, 0.717) is 11.6 Å². The topological polar surface area (TPSA) is 59.3 Å². The number of fused-ring (bicyclic) bond motifs is 1. The Morgan fingerprint density at radius 3 is 2.84 bits per heavy atom. The summed E-state index contributed by atoms with van der Waals surface area (Å²) in [5.41, 5.74) is 3.15. The summed E-state index contributed by atoms with van der Waals surface area (Å²) in [6, 6.07) is 2.23. The van der Waals surface area contributed by atoms with Crippen LogP contribution in [0.4, 0.5) is 0 Å². The first-order valence-corrected chi connectivity index (χ1v) is 6.78. The van der Waals surface area contributed by atoms with Crippen molar-refractivity contribution in [3.8, 4) is 0 Å². The van der Waals surface area contributed by atoms with E-state index in [-0.39, 0.29) is 5.91 Å². The van der Waals surface area contributed by atoms with Crippen LogP contribution in [0, 0.1) is 13.8 Å². The van der Waals surface area contributed by atoms with Crippen molar-refractivity contribution in [2.24, 2.45) is 0 Å². The van der Waals surface area contributed by atoms with Crippen molar-refractivity contribution < 1.29 is 4.79 Å². The third-order valence-corrected chi connectivity index (χ3v) is 3.78. The maximum atomic E-state index is 12.3. The number of aryl methyl sites for hydroxylation is 2. The molecule has 0 aliphatic heterocycles. The van der Waals surface area contributed by atoms with E-state index in [0.717, 1.165) is 29.9 Å². The summed E-state index contributed by atoms with van der Waals surface area (Å²) in [5.74, 6) is -0.0352. The Morgan fingerprint density at radius 1 is 1.37 bits per heavy atom. The molecule has 3 rings (SSSR count). The van der Waals surface area contributed by atoms with Crippen LogP contribution in [0.3, 0.4) is 0 Å². The zero-order chi connectivity index (χ0) is 13.4. The number of hydrogen-bond donors (Lipinski definition) is 1. The van der Waals surface area contributed by atoms with Crippen molar-refractivity contribution in [3.63, 3.8) is 0 Å². The van der Waals surface area contributed by atoms with Gasteiger partial charge in [-0.1, -0.05) is 12.8 Å². The van der Waals surface area contributed by atoms with Crippen molar-refractivity contribution in [2.45, 2.75) is 45.6 Å². The van der Waals surface area contributed by atoms with Crippen LogP contribution in [0.25, 0.3) is 5.65 Å². The molecule has 0 unspecified atom stereocenters. The normalized spacial score (nSPS) is 16.1. The molecule has 0 aromatic carbocycles. The number of amides is 1.